The van der Waals surface area contributed by atoms with Crippen LogP contribution in [-0.4, -0.2) is 46.3 Å². The Balaban J connectivity index is 1.59. The lowest BCUT2D eigenvalue weighted by Crippen LogP contribution is -2.36. The van der Waals surface area contributed by atoms with E-state index in [-0.39, 0.29) is 11.9 Å². The van der Waals surface area contributed by atoms with Gasteiger partial charge in [0, 0.05) is 24.7 Å². The van der Waals surface area contributed by atoms with Crippen molar-refractivity contribution in [3.63, 3.8) is 0 Å². The van der Waals surface area contributed by atoms with Gasteiger partial charge in [0.05, 0.1) is 37.1 Å². The van der Waals surface area contributed by atoms with Crippen molar-refractivity contribution < 1.29 is 14.3 Å². The molecule has 35 heavy (non-hydrogen) atoms. The second kappa shape index (κ2) is 9.06. The van der Waals surface area contributed by atoms with Crippen LogP contribution in [0.15, 0.2) is 48.7 Å². The molecular weight excluding hydrogens is 440 g/mol. The van der Waals surface area contributed by atoms with Gasteiger partial charge in [0.25, 0.3) is 5.91 Å². The minimum Gasteiger partial charge on any atom is -0.493 e. The molecular formula is C28H30N4O3. The van der Waals surface area contributed by atoms with E-state index in [0.29, 0.717) is 30.2 Å². The molecule has 4 aromatic rings. The molecule has 3 heterocycles. The molecule has 0 radical (unpaired) electrons. The quantitative estimate of drug-likeness (QED) is 0.401. The van der Waals surface area contributed by atoms with Crippen LogP contribution in [0, 0.1) is 6.92 Å². The van der Waals surface area contributed by atoms with Gasteiger partial charge in [-0.3, -0.25) is 4.79 Å². The van der Waals surface area contributed by atoms with Gasteiger partial charge in [-0.2, -0.15) is 5.10 Å². The Morgan fingerprint density at radius 3 is 2.43 bits per heavy atom. The first kappa shape index (κ1) is 22.9. The second-order valence-corrected chi connectivity index (χ2v) is 9.24. The van der Waals surface area contributed by atoms with E-state index >= 15 is 0 Å². The predicted molar refractivity (Wildman–Crippen MR) is 136 cm³/mol. The van der Waals surface area contributed by atoms with E-state index in [1.807, 2.05) is 46.0 Å². The number of aromatic nitrogens is 3. The Morgan fingerprint density at radius 2 is 1.74 bits per heavy atom. The molecule has 5 rings (SSSR count). The number of hydrogen-bond acceptors (Lipinski definition) is 5. The van der Waals surface area contributed by atoms with Crippen LogP contribution in [0.4, 0.5) is 0 Å². The number of benzene rings is 2. The monoisotopic (exact) mass is 470 g/mol. The van der Waals surface area contributed by atoms with Crippen LogP contribution in [0.5, 0.6) is 11.5 Å². The summed E-state index contributed by atoms with van der Waals surface area (Å²) in [6, 6.07) is 14.2. The number of rotatable bonds is 5. The molecule has 0 N–H and O–H groups in total. The van der Waals surface area contributed by atoms with Crippen molar-refractivity contribution in [3.8, 4) is 22.8 Å². The highest BCUT2D eigenvalue weighted by molar-refractivity contribution is 6.06. The zero-order chi connectivity index (χ0) is 24.7. The normalized spacial score (nSPS) is 13.3. The SMILES string of the molecule is COc1cc2c(cc1OC)CN(C(=O)c1cc(-c3ccccc3C)nc3c1cnn3C(C)C)CC2. The number of nitrogens with zero attached hydrogens (tertiary/aromatic N) is 4. The molecule has 0 spiro atoms. The zero-order valence-corrected chi connectivity index (χ0v) is 20.8. The second-order valence-electron chi connectivity index (χ2n) is 9.24. The van der Waals surface area contributed by atoms with E-state index in [4.69, 9.17) is 14.5 Å². The number of methoxy groups -OCH3 is 2. The third-order valence-corrected chi connectivity index (χ3v) is 6.71. The lowest BCUT2D eigenvalue weighted by molar-refractivity contribution is 0.0736. The van der Waals surface area contributed by atoms with Crippen molar-refractivity contribution in [1.29, 1.82) is 0 Å². The molecule has 0 aliphatic carbocycles. The number of fused-ring (bicyclic) bond motifs is 2. The van der Waals surface area contributed by atoms with Crippen molar-refractivity contribution >= 4 is 16.9 Å². The lowest BCUT2D eigenvalue weighted by Gasteiger charge is -2.30. The van der Waals surface area contributed by atoms with Gasteiger partial charge in [-0.05, 0) is 62.1 Å². The smallest absolute Gasteiger partial charge is 0.255 e. The van der Waals surface area contributed by atoms with Crippen molar-refractivity contribution in [2.24, 2.45) is 0 Å². The lowest BCUT2D eigenvalue weighted by atomic mass is 9.97. The molecule has 180 valence electrons. The predicted octanol–water partition coefficient (Wildman–Crippen LogP) is 5.20. The highest BCUT2D eigenvalue weighted by Gasteiger charge is 2.27. The largest absolute Gasteiger partial charge is 0.493 e. The van der Waals surface area contributed by atoms with E-state index in [2.05, 4.69) is 31.9 Å². The Hall–Kier alpha value is -3.87. The van der Waals surface area contributed by atoms with Crippen LogP contribution in [0.25, 0.3) is 22.3 Å². The van der Waals surface area contributed by atoms with Gasteiger partial charge in [-0.15, -0.1) is 0 Å². The average Bonchev–Trinajstić information content (AvgIpc) is 3.31. The fourth-order valence-electron chi connectivity index (χ4n) is 4.80. The Labute approximate surface area is 205 Å². The third-order valence-electron chi connectivity index (χ3n) is 6.71. The Bertz CT molecular complexity index is 1420. The van der Waals surface area contributed by atoms with E-state index in [9.17, 15) is 4.79 Å². The zero-order valence-electron chi connectivity index (χ0n) is 20.8. The van der Waals surface area contributed by atoms with E-state index in [0.717, 1.165) is 39.8 Å². The maximum Gasteiger partial charge on any atom is 0.255 e. The van der Waals surface area contributed by atoms with Gasteiger partial charge in [-0.25, -0.2) is 9.67 Å². The molecule has 0 fully saturated rings. The van der Waals surface area contributed by atoms with Crippen LogP contribution < -0.4 is 9.47 Å². The van der Waals surface area contributed by atoms with Crippen molar-refractivity contribution in [3.05, 3.63) is 70.9 Å². The molecule has 1 aliphatic rings. The van der Waals surface area contributed by atoms with Gasteiger partial charge in [-0.1, -0.05) is 24.3 Å². The molecule has 0 bridgehead atoms. The number of ether oxygens (including phenoxy) is 2. The van der Waals surface area contributed by atoms with Gasteiger partial charge in [0.15, 0.2) is 17.1 Å². The number of carbonyl (C=O) groups excluding carboxylic acids is 1. The van der Waals surface area contributed by atoms with E-state index in [1.165, 1.54) is 5.56 Å². The maximum atomic E-state index is 14.0. The van der Waals surface area contributed by atoms with Crippen molar-refractivity contribution in [2.75, 3.05) is 20.8 Å². The molecule has 1 aliphatic heterocycles. The topological polar surface area (TPSA) is 69.5 Å². The molecule has 0 saturated carbocycles. The van der Waals surface area contributed by atoms with Crippen molar-refractivity contribution in [1.82, 2.24) is 19.7 Å². The van der Waals surface area contributed by atoms with Gasteiger partial charge >= 0.3 is 0 Å². The summed E-state index contributed by atoms with van der Waals surface area (Å²) in [6.45, 7) is 7.34. The summed E-state index contributed by atoms with van der Waals surface area (Å²) in [5.41, 5.74) is 6.52. The highest BCUT2D eigenvalue weighted by atomic mass is 16.5. The minimum absolute atomic E-state index is 0.0176. The summed E-state index contributed by atoms with van der Waals surface area (Å²) in [5.74, 6) is 1.37. The molecule has 7 heteroatoms. The van der Waals surface area contributed by atoms with E-state index in [1.54, 1.807) is 20.4 Å². The number of carbonyl (C=O) groups is 1. The summed E-state index contributed by atoms with van der Waals surface area (Å²) in [4.78, 5) is 20.8. The highest BCUT2D eigenvalue weighted by Crippen LogP contribution is 2.34. The summed E-state index contributed by atoms with van der Waals surface area (Å²) < 4.78 is 12.8. The average molecular weight is 471 g/mol. The summed E-state index contributed by atoms with van der Waals surface area (Å²) in [5, 5.41) is 5.35. The maximum absolute atomic E-state index is 14.0. The molecule has 2 aromatic heterocycles. The van der Waals surface area contributed by atoms with Crippen LogP contribution in [0.2, 0.25) is 0 Å². The number of pyridine rings is 1. The first-order chi connectivity index (χ1) is 16.9. The number of aryl methyl sites for hydroxylation is 1. The molecule has 0 saturated heterocycles. The van der Waals surface area contributed by atoms with Crippen LogP contribution in [0.3, 0.4) is 0 Å². The molecule has 2 aromatic carbocycles. The summed E-state index contributed by atoms with van der Waals surface area (Å²) >= 11 is 0. The van der Waals surface area contributed by atoms with E-state index < -0.39 is 0 Å². The summed E-state index contributed by atoms with van der Waals surface area (Å²) in [7, 11) is 3.27. The number of hydrogen-bond donors (Lipinski definition) is 0. The van der Waals surface area contributed by atoms with Gasteiger partial charge in [0.2, 0.25) is 0 Å². The standard InChI is InChI=1S/C28H30N4O3/c1-17(2)32-27-23(15-29-32)22(14-24(30-27)21-9-7-6-8-18(21)3)28(33)31-11-10-19-12-25(34-4)26(35-5)13-20(19)16-31/h6-9,12-15,17H,10-11,16H2,1-5H3. The van der Waals surface area contributed by atoms with Crippen LogP contribution in [-0.2, 0) is 13.0 Å². The minimum atomic E-state index is -0.0176. The molecule has 1 amide bonds. The molecule has 0 atom stereocenters. The molecule has 0 unspecified atom stereocenters. The molecule has 7 nitrogen and oxygen atoms in total. The van der Waals surface area contributed by atoms with Gasteiger partial charge in [0.1, 0.15) is 0 Å². The number of amides is 1. The first-order valence-corrected chi connectivity index (χ1v) is 11.9. The van der Waals surface area contributed by atoms with Crippen LogP contribution in [0.1, 0.15) is 46.9 Å². The van der Waals surface area contributed by atoms with Gasteiger partial charge < -0.3 is 14.4 Å². The fraction of sp³-hybridized carbons (Fsp3) is 0.321. The van der Waals surface area contributed by atoms with Crippen LogP contribution >= 0.6 is 0 Å². The fourth-order valence-corrected chi connectivity index (χ4v) is 4.80. The summed E-state index contributed by atoms with van der Waals surface area (Å²) in [6.07, 6.45) is 2.52. The third kappa shape index (κ3) is 4.01. The van der Waals surface area contributed by atoms with Crippen molar-refractivity contribution in [2.45, 2.75) is 39.8 Å². The Morgan fingerprint density at radius 1 is 1.03 bits per heavy atom. The Kier molecular flexibility index (Phi) is 5.93. The first-order valence-electron chi connectivity index (χ1n) is 11.9.